The fourth-order valence-corrected chi connectivity index (χ4v) is 7.65. The van der Waals surface area contributed by atoms with Gasteiger partial charge in [0.1, 0.15) is 5.75 Å². The average molecular weight is 411 g/mol. The number of likely N-dealkylation sites (tertiary alicyclic amines) is 2. The van der Waals surface area contributed by atoms with Crippen molar-refractivity contribution in [2.75, 3.05) is 26.7 Å². The highest BCUT2D eigenvalue weighted by Crippen LogP contribution is 2.61. The number of hydrogen-bond donors (Lipinski definition) is 1. The molecule has 0 spiro atoms. The first-order valence-corrected chi connectivity index (χ1v) is 11.9. The lowest BCUT2D eigenvalue weighted by molar-refractivity contribution is -0.184. The van der Waals surface area contributed by atoms with E-state index in [0.717, 1.165) is 57.0 Å². The van der Waals surface area contributed by atoms with E-state index in [2.05, 4.69) is 34.9 Å². The van der Waals surface area contributed by atoms with Crippen molar-refractivity contribution >= 4 is 5.91 Å². The van der Waals surface area contributed by atoms with Gasteiger partial charge in [-0.2, -0.15) is 0 Å². The van der Waals surface area contributed by atoms with Crippen LogP contribution in [-0.4, -0.2) is 65.2 Å². The van der Waals surface area contributed by atoms with Gasteiger partial charge < -0.3 is 14.7 Å². The molecule has 2 aliphatic heterocycles. The van der Waals surface area contributed by atoms with Gasteiger partial charge in [-0.3, -0.25) is 9.69 Å². The van der Waals surface area contributed by atoms with E-state index in [9.17, 15) is 9.90 Å². The number of hydrogen-bond acceptors (Lipinski definition) is 4. The summed E-state index contributed by atoms with van der Waals surface area (Å²) in [5.74, 6) is 2.26. The van der Waals surface area contributed by atoms with Crippen molar-refractivity contribution in [2.24, 2.45) is 11.8 Å². The van der Waals surface area contributed by atoms with E-state index in [0.29, 0.717) is 6.42 Å². The molecule has 4 fully saturated rings. The number of carbonyl (C=O) groups excluding carboxylic acids is 1. The number of nitrogens with zero attached hydrogens (tertiary/aromatic N) is 2. The Labute approximate surface area is 179 Å². The highest BCUT2D eigenvalue weighted by Gasteiger charge is 2.68. The summed E-state index contributed by atoms with van der Waals surface area (Å²) < 4.78 is 5.60. The van der Waals surface area contributed by atoms with Crippen LogP contribution in [0.5, 0.6) is 5.75 Å². The topological polar surface area (TPSA) is 53.0 Å². The molecule has 1 aromatic carbocycles. The molecule has 1 N–H and O–H groups in total. The van der Waals surface area contributed by atoms with Crippen molar-refractivity contribution < 1.29 is 14.6 Å². The first kappa shape index (κ1) is 19.1. The lowest BCUT2D eigenvalue weighted by Crippen LogP contribution is -2.75. The molecule has 0 radical (unpaired) electrons. The van der Waals surface area contributed by atoms with E-state index in [1.807, 2.05) is 0 Å². The smallest absolute Gasteiger partial charge is 0.223 e. The molecule has 162 valence electrons. The number of amides is 1. The van der Waals surface area contributed by atoms with Crippen LogP contribution in [0.3, 0.4) is 0 Å². The molecule has 0 aromatic heterocycles. The molecular weight excluding hydrogens is 376 g/mol. The van der Waals surface area contributed by atoms with Crippen LogP contribution in [0, 0.1) is 11.8 Å². The number of carbonyl (C=O) groups is 1. The van der Waals surface area contributed by atoms with Crippen LogP contribution in [-0.2, 0) is 16.6 Å². The van der Waals surface area contributed by atoms with Gasteiger partial charge in [-0.25, -0.2) is 0 Å². The van der Waals surface area contributed by atoms with Gasteiger partial charge in [-0.05, 0) is 87.1 Å². The van der Waals surface area contributed by atoms with Crippen LogP contribution in [0.4, 0.5) is 0 Å². The summed E-state index contributed by atoms with van der Waals surface area (Å²) in [4.78, 5) is 17.5. The zero-order chi connectivity index (χ0) is 20.7. The predicted octanol–water partition coefficient (Wildman–Crippen LogP) is 2.74. The summed E-state index contributed by atoms with van der Waals surface area (Å²) in [5, 5.41) is 12.6. The Bertz CT molecular complexity index is 883. The van der Waals surface area contributed by atoms with Gasteiger partial charge in [-0.1, -0.05) is 6.07 Å². The van der Waals surface area contributed by atoms with Gasteiger partial charge in [0.25, 0.3) is 0 Å². The summed E-state index contributed by atoms with van der Waals surface area (Å²) in [6.45, 7) is 5.05. The lowest BCUT2D eigenvalue weighted by Gasteiger charge is -2.66. The van der Waals surface area contributed by atoms with Gasteiger partial charge >= 0.3 is 0 Å². The Morgan fingerprint density at radius 1 is 1.23 bits per heavy atom. The molecule has 1 amide bonds. The van der Waals surface area contributed by atoms with E-state index < -0.39 is 5.60 Å². The number of ether oxygens (including phenoxy) is 1. The quantitative estimate of drug-likeness (QED) is 0.829. The first-order chi connectivity index (χ1) is 14.5. The standard InChI is InChI=1S/C25H34N2O3/c1-3-27-21-14-24-8-9-26(15-16-4-5-16)22(25(24,29)13-18(21)11-23(27)28)10-17-6-7-19(30-2)12-20(17)24/h6-7,12,16,18,21-22,29H,3-5,8-11,13-15H2,1-2H3/t18-,21+,22-,24?,25-/m1/s1. The molecule has 30 heavy (non-hydrogen) atoms. The molecule has 5 heteroatoms. The Balaban J connectivity index is 1.48. The molecule has 5 aliphatic rings. The summed E-state index contributed by atoms with van der Waals surface area (Å²) in [6.07, 6.45) is 6.81. The molecule has 1 unspecified atom stereocenters. The molecule has 5 nitrogen and oxygen atoms in total. The van der Waals surface area contributed by atoms with Crippen molar-refractivity contribution in [3.63, 3.8) is 0 Å². The van der Waals surface area contributed by atoms with Gasteiger partial charge in [0.15, 0.2) is 0 Å². The van der Waals surface area contributed by atoms with Crippen molar-refractivity contribution in [1.29, 1.82) is 0 Å². The Morgan fingerprint density at radius 3 is 2.80 bits per heavy atom. The minimum atomic E-state index is -0.759. The van der Waals surface area contributed by atoms with Crippen LogP contribution < -0.4 is 4.74 Å². The second-order valence-electron chi connectivity index (χ2n) is 10.6. The minimum absolute atomic E-state index is 0.166. The molecule has 2 bridgehead atoms. The largest absolute Gasteiger partial charge is 0.497 e. The molecule has 2 heterocycles. The van der Waals surface area contributed by atoms with Crippen molar-refractivity contribution in [1.82, 2.24) is 9.80 Å². The molecule has 5 atom stereocenters. The number of fused-ring (bicyclic) bond motifs is 2. The minimum Gasteiger partial charge on any atom is -0.497 e. The van der Waals surface area contributed by atoms with Crippen molar-refractivity contribution in [3.8, 4) is 5.75 Å². The third-order valence-corrected chi connectivity index (χ3v) is 9.26. The highest BCUT2D eigenvalue weighted by atomic mass is 16.5. The second kappa shape index (κ2) is 6.46. The van der Waals surface area contributed by atoms with Gasteiger partial charge in [0, 0.05) is 37.0 Å². The van der Waals surface area contributed by atoms with Crippen LogP contribution in [0.15, 0.2) is 18.2 Å². The van der Waals surface area contributed by atoms with Crippen molar-refractivity contribution in [3.05, 3.63) is 29.3 Å². The van der Waals surface area contributed by atoms with Crippen LogP contribution in [0.25, 0.3) is 0 Å². The third-order valence-electron chi connectivity index (χ3n) is 9.26. The summed E-state index contributed by atoms with van der Waals surface area (Å²) in [5.41, 5.74) is 1.63. The number of rotatable bonds is 4. The number of benzene rings is 1. The molecular formula is C25H34N2O3. The fourth-order valence-electron chi connectivity index (χ4n) is 7.65. The zero-order valence-corrected chi connectivity index (χ0v) is 18.3. The van der Waals surface area contributed by atoms with E-state index in [1.54, 1.807) is 7.11 Å². The maximum absolute atomic E-state index is 12.7. The lowest BCUT2D eigenvalue weighted by atomic mass is 9.47. The van der Waals surface area contributed by atoms with E-state index in [-0.39, 0.29) is 29.3 Å². The maximum atomic E-state index is 12.7. The molecule has 3 aliphatic carbocycles. The highest BCUT2D eigenvalue weighted by molar-refractivity contribution is 5.79. The van der Waals surface area contributed by atoms with Gasteiger partial charge in [0.05, 0.1) is 12.7 Å². The van der Waals surface area contributed by atoms with Crippen molar-refractivity contribution in [2.45, 2.75) is 75.0 Å². The molecule has 2 saturated heterocycles. The Kier molecular flexibility index (Phi) is 4.12. The van der Waals surface area contributed by atoms with Crippen LogP contribution in [0.1, 0.15) is 56.6 Å². The van der Waals surface area contributed by atoms with Crippen LogP contribution >= 0.6 is 0 Å². The predicted molar refractivity (Wildman–Crippen MR) is 115 cm³/mol. The normalized spacial score (nSPS) is 40.0. The third kappa shape index (κ3) is 2.45. The Morgan fingerprint density at radius 2 is 2.07 bits per heavy atom. The molecule has 1 aromatic rings. The van der Waals surface area contributed by atoms with E-state index in [1.165, 1.54) is 24.0 Å². The fraction of sp³-hybridized carbons (Fsp3) is 0.720. The number of methoxy groups -OCH3 is 1. The summed E-state index contributed by atoms with van der Waals surface area (Å²) in [7, 11) is 1.72. The first-order valence-electron chi connectivity index (χ1n) is 11.9. The monoisotopic (exact) mass is 410 g/mol. The second-order valence-corrected chi connectivity index (χ2v) is 10.6. The Hall–Kier alpha value is -1.59. The van der Waals surface area contributed by atoms with Gasteiger partial charge in [0.2, 0.25) is 5.91 Å². The summed E-state index contributed by atoms with van der Waals surface area (Å²) >= 11 is 0. The molecule has 6 rings (SSSR count). The SMILES string of the molecule is CCN1C(=O)C[C@@H]2C[C@@]3(O)[C@H]4Cc5ccc(OC)cc5C3(CCN4CC3CC3)C[C@@H]21. The molecule has 2 saturated carbocycles. The van der Waals surface area contributed by atoms with E-state index in [4.69, 9.17) is 4.74 Å². The number of piperidine rings is 1. The zero-order valence-electron chi connectivity index (χ0n) is 18.3. The number of aliphatic hydroxyl groups is 1. The average Bonchev–Trinajstić information content (AvgIpc) is 3.49. The van der Waals surface area contributed by atoms with E-state index >= 15 is 0 Å². The van der Waals surface area contributed by atoms with Crippen LogP contribution in [0.2, 0.25) is 0 Å². The summed E-state index contributed by atoms with van der Waals surface area (Å²) in [6, 6.07) is 6.92. The maximum Gasteiger partial charge on any atom is 0.223 e. The van der Waals surface area contributed by atoms with Gasteiger partial charge in [-0.15, -0.1) is 0 Å².